The lowest BCUT2D eigenvalue weighted by molar-refractivity contribution is -0.120. The first kappa shape index (κ1) is 22.5. The number of fused-ring (bicyclic) bond motifs is 2. The molecule has 8 nitrogen and oxygen atoms in total. The number of hydrogen-bond donors (Lipinski definition) is 3. The van der Waals surface area contributed by atoms with Crippen molar-refractivity contribution < 1.29 is 9.59 Å². The maximum absolute atomic E-state index is 14.0. The van der Waals surface area contributed by atoms with Gasteiger partial charge in [-0.2, -0.15) is 0 Å². The van der Waals surface area contributed by atoms with E-state index >= 15 is 0 Å². The Balaban J connectivity index is 1.44. The number of hydrogen-bond acceptors (Lipinski definition) is 4. The zero-order valence-electron chi connectivity index (χ0n) is 20.1. The van der Waals surface area contributed by atoms with Gasteiger partial charge in [-0.3, -0.25) is 9.59 Å². The number of carbonyl (C=O) groups is 2. The highest BCUT2D eigenvalue weighted by Gasteiger charge is 2.34. The molecule has 1 atom stereocenters. The van der Waals surface area contributed by atoms with E-state index in [2.05, 4.69) is 20.3 Å². The van der Waals surface area contributed by atoms with Crippen molar-refractivity contribution in [2.75, 3.05) is 4.90 Å². The third kappa shape index (κ3) is 4.18. The van der Waals surface area contributed by atoms with Crippen LogP contribution in [0, 0.1) is 6.92 Å². The second kappa shape index (κ2) is 9.23. The summed E-state index contributed by atoms with van der Waals surface area (Å²) in [7, 11) is 0. The number of nitrogens with one attached hydrogen (secondary N) is 3. The minimum absolute atomic E-state index is 0.238. The standard InChI is InChI=1S/C29H24N6O2/c1-18-24(31-17-30-18)16-35-25-14-8-6-12-21(25)26(19-9-3-2-4-10-19)33-27(29(35)37)34-28(36)23-15-20-11-5-7-13-22(20)32-23/h2-15,17,27,32H,16H2,1H3,(H,30,31)(H,34,36). The number of imidazole rings is 1. The summed E-state index contributed by atoms with van der Waals surface area (Å²) in [5.41, 5.74) is 5.82. The molecule has 0 saturated carbocycles. The fourth-order valence-corrected chi connectivity index (χ4v) is 4.61. The average molecular weight is 489 g/mol. The quantitative estimate of drug-likeness (QED) is 0.343. The maximum Gasteiger partial charge on any atom is 0.272 e. The Morgan fingerprint density at radius 1 is 1.00 bits per heavy atom. The molecule has 1 aliphatic heterocycles. The Hall–Kier alpha value is -4.98. The molecule has 0 radical (unpaired) electrons. The lowest BCUT2D eigenvalue weighted by Crippen LogP contribution is -2.47. The smallest absolute Gasteiger partial charge is 0.272 e. The van der Waals surface area contributed by atoms with Crippen LogP contribution < -0.4 is 10.2 Å². The lowest BCUT2D eigenvalue weighted by Gasteiger charge is -2.25. The largest absolute Gasteiger partial charge is 0.351 e. The fraction of sp³-hybridized carbons (Fsp3) is 0.103. The number of aromatic amines is 2. The molecule has 0 spiro atoms. The van der Waals surface area contributed by atoms with Gasteiger partial charge in [0.1, 0.15) is 5.69 Å². The van der Waals surface area contributed by atoms with Gasteiger partial charge in [0, 0.05) is 27.7 Å². The Bertz CT molecular complexity index is 1620. The number of aryl methyl sites for hydroxylation is 1. The van der Waals surface area contributed by atoms with Crippen molar-refractivity contribution in [1.82, 2.24) is 20.3 Å². The summed E-state index contributed by atoms with van der Waals surface area (Å²) >= 11 is 0. The Labute approximate surface area is 213 Å². The van der Waals surface area contributed by atoms with Gasteiger partial charge in [0.05, 0.1) is 30.0 Å². The molecule has 6 rings (SSSR count). The predicted octanol–water partition coefficient (Wildman–Crippen LogP) is 4.34. The van der Waals surface area contributed by atoms with Crippen molar-refractivity contribution in [2.45, 2.75) is 19.6 Å². The number of rotatable bonds is 5. The summed E-state index contributed by atoms with van der Waals surface area (Å²) in [5.74, 6) is -0.752. The molecule has 2 amide bonds. The number of H-pyrrole nitrogens is 2. The Morgan fingerprint density at radius 3 is 2.54 bits per heavy atom. The SMILES string of the molecule is Cc1[nH]cnc1CN1C(=O)C(NC(=O)c2cc3ccccc3[nH]2)N=C(c2ccccc2)c2ccccc21. The third-order valence-corrected chi connectivity index (χ3v) is 6.54. The highest BCUT2D eigenvalue weighted by Crippen LogP contribution is 2.30. The van der Waals surface area contributed by atoms with Crippen LogP contribution >= 0.6 is 0 Å². The van der Waals surface area contributed by atoms with Gasteiger partial charge < -0.3 is 20.2 Å². The number of anilines is 1. The van der Waals surface area contributed by atoms with Gasteiger partial charge in [-0.15, -0.1) is 0 Å². The summed E-state index contributed by atoms with van der Waals surface area (Å²) in [5, 5.41) is 3.78. The second-order valence-electron chi connectivity index (χ2n) is 8.91. The van der Waals surface area contributed by atoms with Crippen LogP contribution in [0.1, 0.15) is 33.0 Å². The van der Waals surface area contributed by atoms with Crippen molar-refractivity contribution in [2.24, 2.45) is 4.99 Å². The van der Waals surface area contributed by atoms with Crippen molar-refractivity contribution in [3.05, 3.63) is 119 Å². The normalized spacial score (nSPS) is 15.3. The molecule has 0 aliphatic carbocycles. The number of benzene rings is 3. The van der Waals surface area contributed by atoms with Crippen LogP contribution in [0.25, 0.3) is 10.9 Å². The molecule has 0 bridgehead atoms. The molecule has 0 saturated heterocycles. The number of aromatic nitrogens is 3. The zero-order chi connectivity index (χ0) is 25.4. The van der Waals surface area contributed by atoms with Crippen LogP contribution in [0.3, 0.4) is 0 Å². The highest BCUT2D eigenvalue weighted by atomic mass is 16.2. The molecule has 5 aromatic rings. The van der Waals surface area contributed by atoms with E-state index in [9.17, 15) is 9.59 Å². The summed E-state index contributed by atoms with van der Waals surface area (Å²) in [6, 6.07) is 26.7. The van der Waals surface area contributed by atoms with Gasteiger partial charge in [-0.25, -0.2) is 9.98 Å². The molecular weight excluding hydrogens is 464 g/mol. The van der Waals surface area contributed by atoms with E-state index in [4.69, 9.17) is 4.99 Å². The summed E-state index contributed by atoms with van der Waals surface area (Å²) < 4.78 is 0. The Morgan fingerprint density at radius 2 is 1.76 bits per heavy atom. The van der Waals surface area contributed by atoms with E-state index in [1.807, 2.05) is 85.8 Å². The van der Waals surface area contributed by atoms with Crippen LogP contribution in [0.5, 0.6) is 0 Å². The molecule has 1 unspecified atom stereocenters. The van der Waals surface area contributed by atoms with E-state index in [1.54, 1.807) is 17.3 Å². The van der Waals surface area contributed by atoms with E-state index in [0.717, 1.165) is 33.4 Å². The van der Waals surface area contributed by atoms with Crippen molar-refractivity contribution in [3.63, 3.8) is 0 Å². The summed E-state index contributed by atoms with van der Waals surface area (Å²) in [6.07, 6.45) is 0.473. The molecule has 3 aromatic carbocycles. The number of nitrogens with zero attached hydrogens (tertiary/aromatic N) is 3. The lowest BCUT2D eigenvalue weighted by atomic mass is 10.00. The first-order chi connectivity index (χ1) is 18.1. The molecule has 3 heterocycles. The number of aliphatic imine (C=N–C) groups is 1. The highest BCUT2D eigenvalue weighted by molar-refractivity contribution is 6.20. The molecule has 182 valence electrons. The van der Waals surface area contributed by atoms with E-state index in [1.165, 1.54) is 0 Å². The topological polar surface area (TPSA) is 106 Å². The number of amides is 2. The summed E-state index contributed by atoms with van der Waals surface area (Å²) in [6.45, 7) is 2.15. The van der Waals surface area contributed by atoms with Crippen LogP contribution in [0.4, 0.5) is 5.69 Å². The van der Waals surface area contributed by atoms with Crippen LogP contribution in [0.15, 0.2) is 96.2 Å². The molecule has 3 N–H and O–H groups in total. The molecular formula is C29H24N6O2. The first-order valence-electron chi connectivity index (χ1n) is 12.0. The van der Waals surface area contributed by atoms with Crippen LogP contribution in [-0.2, 0) is 11.3 Å². The third-order valence-electron chi connectivity index (χ3n) is 6.54. The molecule has 0 fully saturated rings. The predicted molar refractivity (Wildman–Crippen MR) is 143 cm³/mol. The van der Waals surface area contributed by atoms with Crippen molar-refractivity contribution in [3.8, 4) is 0 Å². The van der Waals surface area contributed by atoms with Crippen LogP contribution in [-0.4, -0.2) is 38.6 Å². The van der Waals surface area contributed by atoms with Gasteiger partial charge in [0.15, 0.2) is 0 Å². The van der Waals surface area contributed by atoms with Gasteiger partial charge in [-0.1, -0.05) is 66.7 Å². The second-order valence-corrected chi connectivity index (χ2v) is 8.91. The summed E-state index contributed by atoms with van der Waals surface area (Å²) in [4.78, 5) is 44.4. The minimum Gasteiger partial charge on any atom is -0.351 e. The first-order valence-corrected chi connectivity index (χ1v) is 12.0. The Kier molecular flexibility index (Phi) is 5.61. The molecule has 2 aromatic heterocycles. The van der Waals surface area contributed by atoms with E-state index in [0.29, 0.717) is 17.1 Å². The van der Waals surface area contributed by atoms with Gasteiger partial charge in [0.25, 0.3) is 11.8 Å². The molecule has 37 heavy (non-hydrogen) atoms. The number of benzodiazepines with no additional fused rings is 1. The van der Waals surface area contributed by atoms with Gasteiger partial charge >= 0.3 is 0 Å². The van der Waals surface area contributed by atoms with E-state index in [-0.39, 0.29) is 12.5 Å². The van der Waals surface area contributed by atoms with Crippen molar-refractivity contribution >= 4 is 34.1 Å². The molecule has 1 aliphatic rings. The molecule has 8 heteroatoms. The van der Waals surface area contributed by atoms with Gasteiger partial charge in [-0.05, 0) is 25.1 Å². The average Bonchev–Trinajstić information content (AvgIpc) is 3.53. The van der Waals surface area contributed by atoms with Crippen molar-refractivity contribution in [1.29, 1.82) is 0 Å². The van der Waals surface area contributed by atoms with Crippen LogP contribution in [0.2, 0.25) is 0 Å². The maximum atomic E-state index is 14.0. The van der Waals surface area contributed by atoms with E-state index < -0.39 is 12.1 Å². The fourth-order valence-electron chi connectivity index (χ4n) is 4.61. The van der Waals surface area contributed by atoms with Gasteiger partial charge in [0.2, 0.25) is 6.17 Å². The minimum atomic E-state index is -1.14. The number of para-hydroxylation sites is 2. The zero-order valence-corrected chi connectivity index (χ0v) is 20.1. The monoisotopic (exact) mass is 488 g/mol. The number of carbonyl (C=O) groups excluding carboxylic acids is 2.